The summed E-state index contributed by atoms with van der Waals surface area (Å²) in [6.45, 7) is -0.0184. The minimum absolute atomic E-state index is 0.0184. The van der Waals surface area contributed by atoms with Gasteiger partial charge in [-0.3, -0.25) is 0 Å². The highest BCUT2D eigenvalue weighted by Gasteiger charge is 2.16. The fourth-order valence-corrected chi connectivity index (χ4v) is 1.81. The molecule has 0 aliphatic heterocycles. The Balaban J connectivity index is 2.13. The normalized spacial score (nSPS) is 10.2. The summed E-state index contributed by atoms with van der Waals surface area (Å²) in [4.78, 5) is 11.3. The van der Waals surface area contributed by atoms with Crippen molar-refractivity contribution in [3.63, 3.8) is 0 Å². The molecule has 0 unspecified atom stereocenters. The van der Waals surface area contributed by atoms with E-state index in [4.69, 9.17) is 9.47 Å². The molecule has 0 saturated carbocycles. The third-order valence-electron chi connectivity index (χ3n) is 2.96. The zero-order chi connectivity index (χ0) is 16.1. The van der Waals surface area contributed by atoms with E-state index < -0.39 is 23.4 Å². The zero-order valence-electron chi connectivity index (χ0n) is 12.1. The standard InChI is InChI=1S/C16H14F2O4/c1-20-12-5-3-10(4-6-12)9-22-15-13(17)7-11(8-14(15)18)16(19)21-2/h3-8H,9H2,1-2H3. The van der Waals surface area contributed by atoms with Crippen LogP contribution in [0.1, 0.15) is 15.9 Å². The summed E-state index contributed by atoms with van der Waals surface area (Å²) in [6, 6.07) is 8.61. The summed E-state index contributed by atoms with van der Waals surface area (Å²) in [5, 5.41) is 0. The van der Waals surface area contributed by atoms with Gasteiger partial charge in [0.25, 0.3) is 0 Å². The van der Waals surface area contributed by atoms with Crippen LogP contribution < -0.4 is 9.47 Å². The number of carbonyl (C=O) groups excluding carboxylic acids is 1. The highest BCUT2D eigenvalue weighted by Crippen LogP contribution is 2.25. The smallest absolute Gasteiger partial charge is 0.338 e. The van der Waals surface area contributed by atoms with Gasteiger partial charge in [0, 0.05) is 0 Å². The first-order chi connectivity index (χ1) is 10.5. The molecular formula is C16H14F2O4. The molecule has 2 aromatic rings. The van der Waals surface area contributed by atoms with Gasteiger partial charge in [0.15, 0.2) is 17.4 Å². The van der Waals surface area contributed by atoms with Crippen LogP contribution in [0, 0.1) is 11.6 Å². The molecule has 0 saturated heterocycles. The molecule has 6 heteroatoms. The number of methoxy groups -OCH3 is 2. The van der Waals surface area contributed by atoms with Gasteiger partial charge in [-0.25, -0.2) is 13.6 Å². The summed E-state index contributed by atoms with van der Waals surface area (Å²) in [5.41, 5.74) is 0.506. The number of rotatable bonds is 5. The van der Waals surface area contributed by atoms with Gasteiger partial charge in [-0.05, 0) is 29.8 Å². The van der Waals surface area contributed by atoms with Crippen LogP contribution in [0.25, 0.3) is 0 Å². The third-order valence-corrected chi connectivity index (χ3v) is 2.96. The lowest BCUT2D eigenvalue weighted by Crippen LogP contribution is -2.05. The van der Waals surface area contributed by atoms with E-state index in [2.05, 4.69) is 4.74 Å². The van der Waals surface area contributed by atoms with Crippen molar-refractivity contribution < 1.29 is 27.8 Å². The Labute approximate surface area is 126 Å². The number of halogens is 2. The van der Waals surface area contributed by atoms with Gasteiger partial charge in [0.1, 0.15) is 12.4 Å². The molecule has 116 valence electrons. The number of ether oxygens (including phenoxy) is 3. The van der Waals surface area contributed by atoms with Gasteiger partial charge in [-0.2, -0.15) is 0 Å². The van der Waals surface area contributed by atoms with Crippen LogP contribution in [0.4, 0.5) is 8.78 Å². The number of hydrogen-bond donors (Lipinski definition) is 0. The highest BCUT2D eigenvalue weighted by molar-refractivity contribution is 5.89. The lowest BCUT2D eigenvalue weighted by molar-refractivity contribution is 0.0599. The van der Waals surface area contributed by atoms with E-state index in [0.29, 0.717) is 5.75 Å². The maximum Gasteiger partial charge on any atom is 0.338 e. The first-order valence-corrected chi connectivity index (χ1v) is 6.38. The van der Waals surface area contributed by atoms with Gasteiger partial charge >= 0.3 is 5.97 Å². The van der Waals surface area contributed by atoms with E-state index in [1.165, 1.54) is 0 Å². The van der Waals surface area contributed by atoms with Crippen molar-refractivity contribution in [1.29, 1.82) is 0 Å². The second-order valence-electron chi connectivity index (χ2n) is 4.40. The maximum atomic E-state index is 13.8. The van der Waals surface area contributed by atoms with Gasteiger partial charge in [-0.15, -0.1) is 0 Å². The van der Waals surface area contributed by atoms with Crippen molar-refractivity contribution in [2.75, 3.05) is 14.2 Å². The molecule has 0 atom stereocenters. The molecule has 0 radical (unpaired) electrons. The molecular weight excluding hydrogens is 294 g/mol. The second-order valence-corrected chi connectivity index (χ2v) is 4.40. The van der Waals surface area contributed by atoms with E-state index >= 15 is 0 Å². The summed E-state index contributed by atoms with van der Waals surface area (Å²) in [7, 11) is 2.67. The predicted molar refractivity (Wildman–Crippen MR) is 75.0 cm³/mol. The van der Waals surface area contributed by atoms with E-state index in [-0.39, 0.29) is 12.2 Å². The molecule has 0 aliphatic carbocycles. The highest BCUT2D eigenvalue weighted by atomic mass is 19.1. The molecule has 0 N–H and O–H groups in total. The van der Waals surface area contributed by atoms with Crippen molar-refractivity contribution in [3.8, 4) is 11.5 Å². The molecule has 4 nitrogen and oxygen atoms in total. The molecule has 0 fully saturated rings. The van der Waals surface area contributed by atoms with Crippen molar-refractivity contribution in [3.05, 3.63) is 59.2 Å². The largest absolute Gasteiger partial charge is 0.497 e. The van der Waals surface area contributed by atoms with Crippen LogP contribution in [0.3, 0.4) is 0 Å². The van der Waals surface area contributed by atoms with Crippen molar-refractivity contribution >= 4 is 5.97 Å². The molecule has 2 aromatic carbocycles. The van der Waals surface area contributed by atoms with Crippen LogP contribution in [-0.4, -0.2) is 20.2 Å². The molecule has 0 aliphatic rings. The Morgan fingerprint density at radius 2 is 1.64 bits per heavy atom. The molecule has 22 heavy (non-hydrogen) atoms. The van der Waals surface area contributed by atoms with Crippen LogP contribution >= 0.6 is 0 Å². The SMILES string of the molecule is COC(=O)c1cc(F)c(OCc2ccc(OC)cc2)c(F)c1. The Hall–Kier alpha value is -2.63. The van der Waals surface area contributed by atoms with Crippen molar-refractivity contribution in [2.45, 2.75) is 6.61 Å². The predicted octanol–water partition coefficient (Wildman–Crippen LogP) is 3.34. The van der Waals surface area contributed by atoms with Crippen LogP contribution in [-0.2, 0) is 11.3 Å². The van der Waals surface area contributed by atoms with E-state index in [1.54, 1.807) is 31.4 Å². The summed E-state index contributed by atoms with van der Waals surface area (Å²) >= 11 is 0. The topological polar surface area (TPSA) is 44.8 Å². The van der Waals surface area contributed by atoms with Gasteiger partial charge in [0.05, 0.1) is 19.8 Å². The number of esters is 1. The minimum atomic E-state index is -0.964. The third kappa shape index (κ3) is 3.52. The van der Waals surface area contributed by atoms with Crippen LogP contribution in [0.2, 0.25) is 0 Å². The molecule has 0 heterocycles. The molecule has 0 aromatic heterocycles. The Morgan fingerprint density at radius 3 is 2.14 bits per heavy atom. The summed E-state index contributed by atoms with van der Waals surface area (Å²) < 4.78 is 42.2. The van der Waals surface area contributed by atoms with Gasteiger partial charge < -0.3 is 14.2 Å². The Morgan fingerprint density at radius 1 is 1.05 bits per heavy atom. The minimum Gasteiger partial charge on any atom is -0.497 e. The first-order valence-electron chi connectivity index (χ1n) is 6.38. The number of carbonyl (C=O) groups is 1. The second kappa shape index (κ2) is 6.89. The zero-order valence-corrected chi connectivity index (χ0v) is 12.1. The van der Waals surface area contributed by atoms with Crippen molar-refractivity contribution in [2.24, 2.45) is 0 Å². The Bertz CT molecular complexity index is 645. The van der Waals surface area contributed by atoms with Gasteiger partial charge in [0.2, 0.25) is 0 Å². The Kier molecular flexibility index (Phi) is 4.93. The lowest BCUT2D eigenvalue weighted by Gasteiger charge is -2.10. The van der Waals surface area contributed by atoms with Gasteiger partial charge in [-0.1, -0.05) is 12.1 Å². The van der Waals surface area contributed by atoms with Crippen LogP contribution in [0.5, 0.6) is 11.5 Å². The molecule has 0 amide bonds. The lowest BCUT2D eigenvalue weighted by atomic mass is 10.2. The summed E-state index contributed by atoms with van der Waals surface area (Å²) in [6.07, 6.45) is 0. The molecule has 0 spiro atoms. The van der Waals surface area contributed by atoms with E-state index in [0.717, 1.165) is 24.8 Å². The molecule has 2 rings (SSSR count). The van der Waals surface area contributed by atoms with Crippen LogP contribution in [0.15, 0.2) is 36.4 Å². The average Bonchev–Trinajstić information content (AvgIpc) is 2.53. The maximum absolute atomic E-state index is 13.8. The average molecular weight is 308 g/mol. The number of benzene rings is 2. The first kappa shape index (κ1) is 15.8. The quantitative estimate of drug-likeness (QED) is 0.795. The monoisotopic (exact) mass is 308 g/mol. The van der Waals surface area contributed by atoms with Crippen molar-refractivity contribution in [1.82, 2.24) is 0 Å². The molecule has 0 bridgehead atoms. The number of hydrogen-bond acceptors (Lipinski definition) is 4. The fourth-order valence-electron chi connectivity index (χ4n) is 1.81. The van der Waals surface area contributed by atoms with E-state index in [1.807, 2.05) is 0 Å². The van der Waals surface area contributed by atoms with E-state index in [9.17, 15) is 13.6 Å². The fraction of sp³-hybridized carbons (Fsp3) is 0.188. The summed E-state index contributed by atoms with van der Waals surface area (Å²) in [5.74, 6) is -2.62.